The van der Waals surface area contributed by atoms with E-state index in [9.17, 15) is 35.7 Å². The molecular weight excluding hydrogens is 422 g/mol. The van der Waals surface area contributed by atoms with Gasteiger partial charge < -0.3 is 55.7 Å². The van der Waals surface area contributed by atoms with Crippen LogP contribution in [0.3, 0.4) is 0 Å². The molecule has 0 amide bonds. The molecule has 11 nitrogen and oxygen atoms in total. The summed E-state index contributed by atoms with van der Waals surface area (Å²) in [4.78, 5) is 0.713. The fraction of sp³-hybridized carbons (Fsp3) is 0.667. The summed E-state index contributed by atoms with van der Waals surface area (Å²) in [5.74, 6) is 0. The largest absolute Gasteiger partial charge is 0.399 e. The number of hydrogen-bond donors (Lipinski definition) is 8. The van der Waals surface area contributed by atoms with E-state index in [1.807, 2.05) is 0 Å². The molecule has 30 heavy (non-hydrogen) atoms. The number of rotatable bonds is 6. The lowest BCUT2D eigenvalue weighted by Crippen LogP contribution is -2.64. The van der Waals surface area contributed by atoms with Crippen LogP contribution in [0.5, 0.6) is 0 Å². The highest BCUT2D eigenvalue weighted by atomic mass is 32.2. The summed E-state index contributed by atoms with van der Waals surface area (Å²) in [6, 6.07) is 6.77. The number of ether oxygens (including phenoxy) is 3. The maximum Gasteiger partial charge on any atom is 0.187 e. The monoisotopic (exact) mass is 449 g/mol. The number of anilines is 1. The van der Waals surface area contributed by atoms with Crippen LogP contribution < -0.4 is 5.73 Å². The van der Waals surface area contributed by atoms with E-state index >= 15 is 0 Å². The average Bonchev–Trinajstić information content (AvgIpc) is 2.74. The van der Waals surface area contributed by atoms with Crippen LogP contribution in [0.1, 0.15) is 0 Å². The normalized spacial score (nSPS) is 42.2. The molecule has 1 aromatic rings. The van der Waals surface area contributed by atoms with Gasteiger partial charge in [0, 0.05) is 10.6 Å². The summed E-state index contributed by atoms with van der Waals surface area (Å²) in [5, 5.41) is 70.0. The van der Waals surface area contributed by atoms with Crippen molar-refractivity contribution in [1.82, 2.24) is 0 Å². The van der Waals surface area contributed by atoms with Crippen LogP contribution in [0.2, 0.25) is 0 Å². The highest BCUT2D eigenvalue weighted by Gasteiger charge is 2.50. The summed E-state index contributed by atoms with van der Waals surface area (Å²) in [5.41, 5.74) is 5.27. The third-order valence-electron chi connectivity index (χ3n) is 5.09. The van der Waals surface area contributed by atoms with Crippen molar-refractivity contribution < 1.29 is 50.0 Å². The highest BCUT2D eigenvalue weighted by Crippen LogP contribution is 2.35. The van der Waals surface area contributed by atoms with E-state index < -0.39 is 73.8 Å². The molecule has 10 atom stereocenters. The quantitative estimate of drug-likeness (QED) is 0.205. The molecule has 3 rings (SSSR count). The lowest BCUT2D eigenvalue weighted by atomic mass is 9.97. The van der Waals surface area contributed by atoms with Crippen molar-refractivity contribution in [3.8, 4) is 0 Å². The van der Waals surface area contributed by atoms with E-state index in [4.69, 9.17) is 19.9 Å². The number of thioether (sulfide) groups is 1. The predicted octanol–water partition coefficient (Wildman–Crippen LogP) is -3.01. The van der Waals surface area contributed by atoms with E-state index in [0.717, 1.165) is 11.8 Å². The molecule has 2 fully saturated rings. The minimum Gasteiger partial charge on any atom is -0.399 e. The SMILES string of the molecule is Nc1ccc(SC2OC(CO)C(OC3OC(CO)C(O)C(O)C3O)C(O)C2O)cc1. The van der Waals surface area contributed by atoms with Crippen molar-refractivity contribution in [2.24, 2.45) is 0 Å². The summed E-state index contributed by atoms with van der Waals surface area (Å²) < 4.78 is 16.5. The molecule has 0 radical (unpaired) electrons. The van der Waals surface area contributed by atoms with Crippen molar-refractivity contribution in [1.29, 1.82) is 0 Å². The summed E-state index contributed by atoms with van der Waals surface area (Å²) in [6.07, 6.45) is -13.1. The van der Waals surface area contributed by atoms with Gasteiger partial charge in [-0.3, -0.25) is 0 Å². The zero-order valence-corrected chi connectivity index (χ0v) is 16.7. The van der Waals surface area contributed by atoms with Gasteiger partial charge in [0.2, 0.25) is 0 Å². The Labute approximate surface area is 176 Å². The van der Waals surface area contributed by atoms with Crippen LogP contribution in [0.15, 0.2) is 29.2 Å². The van der Waals surface area contributed by atoms with Crippen LogP contribution >= 0.6 is 11.8 Å². The Morgan fingerprint density at radius 1 is 0.800 bits per heavy atom. The Hall–Kier alpha value is -1.03. The predicted molar refractivity (Wildman–Crippen MR) is 103 cm³/mol. The highest BCUT2D eigenvalue weighted by molar-refractivity contribution is 7.99. The van der Waals surface area contributed by atoms with Gasteiger partial charge in [0.15, 0.2) is 6.29 Å². The van der Waals surface area contributed by atoms with E-state index in [0.29, 0.717) is 10.6 Å². The zero-order valence-electron chi connectivity index (χ0n) is 15.8. The van der Waals surface area contributed by atoms with Gasteiger partial charge in [-0.05, 0) is 24.3 Å². The standard InChI is InChI=1S/C18H27NO10S/c19-7-1-3-8(4-2-7)30-18-15(26)13(24)16(10(6-21)28-18)29-17-14(25)12(23)11(22)9(5-20)27-17/h1-4,9-18,20-26H,5-6,19H2. The third-order valence-corrected chi connectivity index (χ3v) is 6.26. The number of benzene rings is 1. The van der Waals surface area contributed by atoms with Gasteiger partial charge in [0.05, 0.1) is 13.2 Å². The van der Waals surface area contributed by atoms with Gasteiger partial charge in [0.25, 0.3) is 0 Å². The first-order valence-electron chi connectivity index (χ1n) is 9.37. The van der Waals surface area contributed by atoms with Crippen molar-refractivity contribution in [2.45, 2.75) is 65.5 Å². The first-order valence-corrected chi connectivity index (χ1v) is 10.3. The zero-order chi connectivity index (χ0) is 22.0. The van der Waals surface area contributed by atoms with Crippen LogP contribution in [0.25, 0.3) is 0 Å². The lowest BCUT2D eigenvalue weighted by molar-refractivity contribution is -0.338. The van der Waals surface area contributed by atoms with Gasteiger partial charge in [-0.2, -0.15) is 0 Å². The van der Waals surface area contributed by atoms with Gasteiger partial charge >= 0.3 is 0 Å². The number of hydrogen-bond acceptors (Lipinski definition) is 12. The molecule has 0 aromatic heterocycles. The third kappa shape index (κ3) is 4.89. The summed E-state index contributed by atoms with van der Waals surface area (Å²) >= 11 is 1.12. The Kier molecular flexibility index (Phi) is 7.92. The van der Waals surface area contributed by atoms with Crippen molar-refractivity contribution in [2.75, 3.05) is 18.9 Å². The Morgan fingerprint density at radius 2 is 1.43 bits per heavy atom. The first-order chi connectivity index (χ1) is 14.3. The summed E-state index contributed by atoms with van der Waals surface area (Å²) in [7, 11) is 0. The topological polar surface area (TPSA) is 195 Å². The second kappa shape index (κ2) is 10.1. The van der Waals surface area contributed by atoms with E-state index in [1.54, 1.807) is 24.3 Å². The molecule has 9 N–H and O–H groups in total. The molecule has 170 valence electrons. The minimum absolute atomic E-state index is 0.561. The van der Waals surface area contributed by atoms with Crippen LogP contribution in [-0.2, 0) is 14.2 Å². The Bertz CT molecular complexity index is 677. The molecule has 0 bridgehead atoms. The number of nitrogens with two attached hydrogens (primary N) is 1. The second-order valence-electron chi connectivity index (χ2n) is 7.19. The fourth-order valence-corrected chi connectivity index (χ4v) is 4.39. The van der Waals surface area contributed by atoms with Gasteiger partial charge in [-0.25, -0.2) is 0 Å². The maximum atomic E-state index is 10.6. The first kappa shape index (κ1) is 23.6. The van der Waals surface area contributed by atoms with Gasteiger partial charge in [-0.1, -0.05) is 11.8 Å². The van der Waals surface area contributed by atoms with Crippen LogP contribution in [0.4, 0.5) is 5.69 Å². The smallest absolute Gasteiger partial charge is 0.187 e. The van der Waals surface area contributed by atoms with E-state index in [1.165, 1.54) is 0 Å². The van der Waals surface area contributed by atoms with Crippen LogP contribution in [0, 0.1) is 0 Å². The second-order valence-corrected chi connectivity index (χ2v) is 8.36. The molecule has 0 saturated carbocycles. The van der Waals surface area contributed by atoms with Crippen molar-refractivity contribution in [3.05, 3.63) is 24.3 Å². The molecule has 1 aromatic carbocycles. The van der Waals surface area contributed by atoms with E-state index in [2.05, 4.69) is 0 Å². The number of aliphatic hydroxyl groups is 7. The maximum absolute atomic E-state index is 10.6. The molecule has 12 heteroatoms. The molecule has 10 unspecified atom stereocenters. The fourth-order valence-electron chi connectivity index (χ4n) is 3.33. The lowest BCUT2D eigenvalue weighted by Gasteiger charge is -2.46. The van der Waals surface area contributed by atoms with Crippen molar-refractivity contribution in [3.63, 3.8) is 0 Å². The Morgan fingerprint density at radius 3 is 2.03 bits per heavy atom. The van der Waals surface area contributed by atoms with Crippen molar-refractivity contribution >= 4 is 17.4 Å². The van der Waals surface area contributed by atoms with Gasteiger partial charge in [0.1, 0.15) is 54.3 Å². The molecule has 2 aliphatic heterocycles. The van der Waals surface area contributed by atoms with E-state index in [-0.39, 0.29) is 0 Å². The molecule has 2 saturated heterocycles. The Balaban J connectivity index is 1.71. The molecular formula is C18H27NO10S. The van der Waals surface area contributed by atoms with Crippen LogP contribution in [-0.4, -0.2) is 110 Å². The summed E-state index contributed by atoms with van der Waals surface area (Å²) in [6.45, 7) is -1.23. The van der Waals surface area contributed by atoms with Gasteiger partial charge in [-0.15, -0.1) is 0 Å². The number of aliphatic hydroxyl groups excluding tert-OH is 7. The average molecular weight is 449 g/mol. The molecule has 0 spiro atoms. The minimum atomic E-state index is -1.70. The molecule has 0 aliphatic carbocycles. The number of nitrogen functional groups attached to an aromatic ring is 1. The molecule has 2 aliphatic rings. The molecule has 2 heterocycles.